The summed E-state index contributed by atoms with van der Waals surface area (Å²) in [5.41, 5.74) is -0.478. The van der Waals surface area contributed by atoms with Crippen LogP contribution in [0, 0.1) is 0 Å². The summed E-state index contributed by atoms with van der Waals surface area (Å²) < 4.78 is 5.34. The zero-order valence-electron chi connectivity index (χ0n) is 9.24. The molecule has 1 atom stereocenters. The number of carbonyl (C=O) groups is 1. The van der Waals surface area contributed by atoms with Gasteiger partial charge >= 0.3 is 6.09 Å². The van der Waals surface area contributed by atoms with Gasteiger partial charge in [-0.15, -0.1) is 0 Å². The fourth-order valence-electron chi connectivity index (χ4n) is 2.59. The predicted octanol–water partition coefficient (Wildman–Crippen LogP) is 1.52. The molecule has 1 aliphatic heterocycles. The summed E-state index contributed by atoms with van der Waals surface area (Å²) in [5, 5.41) is 8.92. The molecule has 0 aromatic rings. The second-order valence-corrected chi connectivity index (χ2v) is 4.86. The van der Waals surface area contributed by atoms with E-state index in [1.807, 2.05) is 11.8 Å². The maximum absolute atomic E-state index is 11.7. The zero-order valence-corrected chi connectivity index (χ0v) is 9.24. The van der Waals surface area contributed by atoms with Gasteiger partial charge in [-0.2, -0.15) is 0 Å². The highest BCUT2D eigenvalue weighted by atomic mass is 16.6. The summed E-state index contributed by atoms with van der Waals surface area (Å²) in [4.78, 5) is 13.5. The molecule has 0 spiro atoms. The predicted molar refractivity (Wildman–Crippen MR) is 55.6 cm³/mol. The van der Waals surface area contributed by atoms with E-state index in [1.54, 1.807) is 0 Å². The molecule has 1 unspecified atom stereocenters. The van der Waals surface area contributed by atoms with Crippen LogP contribution in [-0.2, 0) is 4.74 Å². The minimum atomic E-state index is -0.478. The number of hydrogen-bond acceptors (Lipinski definition) is 3. The van der Waals surface area contributed by atoms with Crippen molar-refractivity contribution in [3.05, 3.63) is 0 Å². The summed E-state index contributed by atoms with van der Waals surface area (Å²) in [6, 6.07) is 0.373. The Morgan fingerprint density at radius 3 is 2.80 bits per heavy atom. The Morgan fingerprint density at radius 2 is 2.20 bits per heavy atom. The van der Waals surface area contributed by atoms with Crippen LogP contribution in [0.5, 0.6) is 0 Å². The molecule has 86 valence electrons. The van der Waals surface area contributed by atoms with Crippen LogP contribution in [0.4, 0.5) is 4.79 Å². The topological polar surface area (TPSA) is 49.8 Å². The van der Waals surface area contributed by atoms with E-state index in [0.717, 1.165) is 12.8 Å². The average molecular weight is 213 g/mol. The van der Waals surface area contributed by atoms with Crippen molar-refractivity contribution in [2.24, 2.45) is 0 Å². The molecule has 0 bridgehead atoms. The van der Waals surface area contributed by atoms with Crippen molar-refractivity contribution in [3.63, 3.8) is 0 Å². The van der Waals surface area contributed by atoms with Crippen molar-refractivity contribution in [1.29, 1.82) is 0 Å². The van der Waals surface area contributed by atoms with Gasteiger partial charge in [-0.05, 0) is 19.8 Å². The van der Waals surface area contributed by atoms with Crippen LogP contribution in [0.2, 0.25) is 0 Å². The molecule has 1 amide bonds. The van der Waals surface area contributed by atoms with Crippen LogP contribution in [0.15, 0.2) is 0 Å². The van der Waals surface area contributed by atoms with E-state index in [9.17, 15) is 4.79 Å². The lowest BCUT2D eigenvalue weighted by atomic mass is 10.0. The SMILES string of the molecule is CC1(CCO)CN(C2CCCC2)C(=O)O1. The molecular formula is C11H19NO3. The van der Waals surface area contributed by atoms with E-state index in [0.29, 0.717) is 19.0 Å². The summed E-state index contributed by atoms with van der Waals surface area (Å²) in [7, 11) is 0. The third-order valence-electron chi connectivity index (χ3n) is 3.48. The van der Waals surface area contributed by atoms with E-state index < -0.39 is 5.60 Å². The average Bonchev–Trinajstić information content (AvgIpc) is 2.74. The Balaban J connectivity index is 2.00. The molecule has 0 radical (unpaired) electrons. The standard InChI is InChI=1S/C11H19NO3/c1-11(6-7-13)8-12(10(14)15-11)9-4-2-3-5-9/h9,13H,2-8H2,1H3. The third-order valence-corrected chi connectivity index (χ3v) is 3.48. The van der Waals surface area contributed by atoms with Gasteiger partial charge in [-0.1, -0.05) is 12.8 Å². The molecule has 4 nitrogen and oxygen atoms in total. The minimum absolute atomic E-state index is 0.0717. The second kappa shape index (κ2) is 4.00. The molecule has 4 heteroatoms. The number of nitrogens with zero attached hydrogens (tertiary/aromatic N) is 1. The van der Waals surface area contributed by atoms with Gasteiger partial charge in [0, 0.05) is 19.1 Å². The number of cyclic esters (lactones) is 1. The number of amides is 1. The van der Waals surface area contributed by atoms with Crippen LogP contribution in [0.3, 0.4) is 0 Å². The molecule has 1 aliphatic carbocycles. The molecular weight excluding hydrogens is 194 g/mol. The molecule has 1 saturated carbocycles. The first kappa shape index (κ1) is 10.7. The Kier molecular flexibility index (Phi) is 2.87. The highest BCUT2D eigenvalue weighted by molar-refractivity contribution is 5.71. The highest BCUT2D eigenvalue weighted by Gasteiger charge is 2.44. The summed E-state index contributed by atoms with van der Waals surface area (Å²) in [6.45, 7) is 2.61. The summed E-state index contributed by atoms with van der Waals surface area (Å²) in [6.07, 6.45) is 4.96. The van der Waals surface area contributed by atoms with Crippen molar-refractivity contribution < 1.29 is 14.6 Å². The van der Waals surface area contributed by atoms with Gasteiger partial charge in [0.1, 0.15) is 5.60 Å². The fraction of sp³-hybridized carbons (Fsp3) is 0.909. The molecule has 1 heterocycles. The van der Waals surface area contributed by atoms with Crippen molar-refractivity contribution >= 4 is 6.09 Å². The molecule has 2 fully saturated rings. The molecule has 15 heavy (non-hydrogen) atoms. The van der Waals surface area contributed by atoms with Gasteiger partial charge in [0.15, 0.2) is 0 Å². The number of carbonyl (C=O) groups excluding carboxylic acids is 1. The number of rotatable bonds is 3. The number of hydrogen-bond donors (Lipinski definition) is 1. The summed E-state index contributed by atoms with van der Waals surface area (Å²) >= 11 is 0. The zero-order chi connectivity index (χ0) is 10.9. The first-order valence-corrected chi connectivity index (χ1v) is 5.75. The van der Waals surface area contributed by atoms with Crippen LogP contribution in [-0.4, -0.2) is 40.9 Å². The monoisotopic (exact) mass is 213 g/mol. The van der Waals surface area contributed by atoms with Gasteiger partial charge in [0.2, 0.25) is 0 Å². The Labute approximate surface area is 90.2 Å². The van der Waals surface area contributed by atoms with Crippen molar-refractivity contribution in [3.8, 4) is 0 Å². The van der Waals surface area contributed by atoms with E-state index in [4.69, 9.17) is 9.84 Å². The normalized spacial score (nSPS) is 32.4. The van der Waals surface area contributed by atoms with E-state index in [2.05, 4.69) is 0 Å². The second-order valence-electron chi connectivity index (χ2n) is 4.86. The van der Waals surface area contributed by atoms with Crippen molar-refractivity contribution in [2.45, 2.75) is 50.7 Å². The maximum atomic E-state index is 11.7. The fourth-order valence-corrected chi connectivity index (χ4v) is 2.59. The quantitative estimate of drug-likeness (QED) is 0.773. The molecule has 0 aromatic carbocycles. The van der Waals surface area contributed by atoms with E-state index in [1.165, 1.54) is 12.8 Å². The minimum Gasteiger partial charge on any atom is -0.441 e. The first-order chi connectivity index (χ1) is 7.14. The number of ether oxygens (including phenoxy) is 1. The molecule has 2 aliphatic rings. The molecule has 2 rings (SSSR count). The van der Waals surface area contributed by atoms with Crippen LogP contribution < -0.4 is 0 Å². The Morgan fingerprint density at radius 1 is 1.53 bits per heavy atom. The Hall–Kier alpha value is -0.770. The molecule has 1 N–H and O–H groups in total. The molecule has 1 saturated heterocycles. The third kappa shape index (κ3) is 2.09. The lowest BCUT2D eigenvalue weighted by Gasteiger charge is -2.23. The molecule has 0 aromatic heterocycles. The number of aliphatic hydroxyl groups excluding tert-OH is 1. The van der Waals surface area contributed by atoms with Gasteiger partial charge in [0.25, 0.3) is 0 Å². The van der Waals surface area contributed by atoms with Gasteiger partial charge in [0.05, 0.1) is 6.54 Å². The lowest BCUT2D eigenvalue weighted by molar-refractivity contribution is 0.0501. The number of aliphatic hydroxyl groups is 1. The van der Waals surface area contributed by atoms with E-state index in [-0.39, 0.29) is 12.7 Å². The first-order valence-electron chi connectivity index (χ1n) is 5.75. The summed E-state index contributed by atoms with van der Waals surface area (Å²) in [5.74, 6) is 0. The van der Waals surface area contributed by atoms with Gasteiger partial charge < -0.3 is 14.7 Å². The van der Waals surface area contributed by atoms with E-state index >= 15 is 0 Å². The lowest BCUT2D eigenvalue weighted by Crippen LogP contribution is -2.37. The van der Waals surface area contributed by atoms with Crippen LogP contribution in [0.1, 0.15) is 39.0 Å². The van der Waals surface area contributed by atoms with Crippen LogP contribution >= 0.6 is 0 Å². The largest absolute Gasteiger partial charge is 0.441 e. The van der Waals surface area contributed by atoms with Gasteiger partial charge in [-0.3, -0.25) is 0 Å². The van der Waals surface area contributed by atoms with Gasteiger partial charge in [-0.25, -0.2) is 4.79 Å². The van der Waals surface area contributed by atoms with Crippen molar-refractivity contribution in [2.75, 3.05) is 13.2 Å². The Bertz CT molecular complexity index is 250. The smallest absolute Gasteiger partial charge is 0.410 e. The van der Waals surface area contributed by atoms with Crippen LogP contribution in [0.25, 0.3) is 0 Å². The maximum Gasteiger partial charge on any atom is 0.410 e. The van der Waals surface area contributed by atoms with Crippen molar-refractivity contribution in [1.82, 2.24) is 4.90 Å². The highest BCUT2D eigenvalue weighted by Crippen LogP contribution is 2.32.